The molecule has 0 aromatic heterocycles. The maximum Gasteiger partial charge on any atom is 0.243 e. The van der Waals surface area contributed by atoms with Crippen molar-refractivity contribution < 1.29 is 22.7 Å². The molecule has 1 fully saturated rings. The number of carbonyl (C=O) groups is 2. The summed E-state index contributed by atoms with van der Waals surface area (Å²) in [6, 6.07) is 11.5. The van der Waals surface area contributed by atoms with Gasteiger partial charge in [-0.2, -0.15) is 0 Å². The number of ether oxygens (including phenoxy) is 1. The van der Waals surface area contributed by atoms with Crippen LogP contribution < -0.4 is 14.4 Å². The molecule has 8 nitrogen and oxygen atoms in total. The van der Waals surface area contributed by atoms with E-state index < -0.39 is 16.1 Å². The van der Waals surface area contributed by atoms with E-state index in [0.717, 1.165) is 41.8 Å². The smallest absolute Gasteiger partial charge is 0.243 e. The van der Waals surface area contributed by atoms with E-state index in [-0.39, 0.29) is 54.5 Å². The quantitative estimate of drug-likeness (QED) is 0.333. The first kappa shape index (κ1) is 31.0. The summed E-state index contributed by atoms with van der Waals surface area (Å²) in [6.45, 7) is 2.14. The van der Waals surface area contributed by atoms with Crippen LogP contribution in [0, 0.1) is 0 Å². The number of methoxy groups -OCH3 is 1. The standard InChI is InChI=1S/C28H37Cl2N3O5S/c1-4-25(28(35)31-22-10-5-6-11-22)32(19-20-9-7-12-23(17-20)38-2)27(34)13-8-16-33(39(3,36)37)26-18-21(29)14-15-24(26)30/h7,9,12,14-15,17-18,22,25H,4-6,8,10-11,13,16,19H2,1-3H3,(H,31,35)/t25-/m1/s1. The van der Waals surface area contributed by atoms with Crippen molar-refractivity contribution in [2.24, 2.45) is 0 Å². The van der Waals surface area contributed by atoms with Gasteiger partial charge < -0.3 is 15.0 Å². The molecule has 1 aliphatic rings. The molecule has 3 rings (SSSR count). The third-order valence-corrected chi connectivity index (χ3v) is 8.64. The van der Waals surface area contributed by atoms with Crippen LogP contribution in [0.3, 0.4) is 0 Å². The normalized spacial score (nSPS) is 14.6. The van der Waals surface area contributed by atoms with Gasteiger partial charge in [0.25, 0.3) is 0 Å². The maximum atomic E-state index is 13.6. The van der Waals surface area contributed by atoms with Gasteiger partial charge in [0.2, 0.25) is 21.8 Å². The predicted octanol–water partition coefficient (Wildman–Crippen LogP) is 5.41. The molecule has 0 spiro atoms. The molecule has 1 aliphatic carbocycles. The van der Waals surface area contributed by atoms with Crippen LogP contribution in [0.5, 0.6) is 5.75 Å². The molecule has 11 heteroatoms. The first-order chi connectivity index (χ1) is 18.5. The Morgan fingerprint density at radius 1 is 1.13 bits per heavy atom. The molecule has 0 heterocycles. The van der Waals surface area contributed by atoms with Crippen LogP contribution in [-0.2, 0) is 26.2 Å². The van der Waals surface area contributed by atoms with Crippen molar-refractivity contribution >= 4 is 50.7 Å². The van der Waals surface area contributed by atoms with Gasteiger partial charge in [0.05, 0.1) is 24.1 Å². The van der Waals surface area contributed by atoms with Gasteiger partial charge in [0.1, 0.15) is 11.8 Å². The molecule has 0 saturated heterocycles. The van der Waals surface area contributed by atoms with Crippen molar-refractivity contribution in [2.75, 3.05) is 24.2 Å². The number of nitrogens with zero attached hydrogens (tertiary/aromatic N) is 2. The second kappa shape index (κ2) is 14.2. The van der Waals surface area contributed by atoms with E-state index >= 15 is 0 Å². The molecule has 2 amide bonds. The van der Waals surface area contributed by atoms with Crippen LogP contribution >= 0.6 is 23.2 Å². The summed E-state index contributed by atoms with van der Waals surface area (Å²) in [5.74, 6) is 0.256. The van der Waals surface area contributed by atoms with Crippen molar-refractivity contribution in [1.82, 2.24) is 10.2 Å². The highest BCUT2D eigenvalue weighted by Crippen LogP contribution is 2.31. The summed E-state index contributed by atoms with van der Waals surface area (Å²) < 4.78 is 31.7. The molecule has 39 heavy (non-hydrogen) atoms. The van der Waals surface area contributed by atoms with Gasteiger partial charge in [-0.15, -0.1) is 0 Å². The number of hydrogen-bond acceptors (Lipinski definition) is 5. The number of hydrogen-bond donors (Lipinski definition) is 1. The van der Waals surface area contributed by atoms with Crippen molar-refractivity contribution in [3.05, 3.63) is 58.1 Å². The Morgan fingerprint density at radius 3 is 2.49 bits per heavy atom. The summed E-state index contributed by atoms with van der Waals surface area (Å²) in [5.41, 5.74) is 1.09. The van der Waals surface area contributed by atoms with E-state index in [0.29, 0.717) is 17.2 Å². The number of benzene rings is 2. The lowest BCUT2D eigenvalue weighted by molar-refractivity contribution is -0.141. The zero-order chi connectivity index (χ0) is 28.6. The summed E-state index contributed by atoms with van der Waals surface area (Å²) >= 11 is 12.4. The number of anilines is 1. The number of carbonyl (C=O) groups excluding carboxylic acids is 2. The summed E-state index contributed by atoms with van der Waals surface area (Å²) in [7, 11) is -2.12. The van der Waals surface area contributed by atoms with Gasteiger partial charge >= 0.3 is 0 Å². The van der Waals surface area contributed by atoms with Crippen molar-refractivity contribution in [2.45, 2.75) is 70.5 Å². The zero-order valence-electron chi connectivity index (χ0n) is 22.7. The van der Waals surface area contributed by atoms with E-state index in [9.17, 15) is 18.0 Å². The lowest BCUT2D eigenvalue weighted by Gasteiger charge is -2.32. The fraction of sp³-hybridized carbons (Fsp3) is 0.500. The Labute approximate surface area is 241 Å². The lowest BCUT2D eigenvalue weighted by atomic mass is 10.1. The van der Waals surface area contributed by atoms with Crippen molar-refractivity contribution in [3.63, 3.8) is 0 Å². The molecule has 214 valence electrons. The highest BCUT2D eigenvalue weighted by atomic mass is 35.5. The van der Waals surface area contributed by atoms with Crippen LogP contribution in [-0.4, -0.2) is 57.1 Å². The minimum Gasteiger partial charge on any atom is -0.497 e. The Balaban J connectivity index is 1.79. The van der Waals surface area contributed by atoms with E-state index in [1.165, 1.54) is 12.1 Å². The monoisotopic (exact) mass is 597 g/mol. The summed E-state index contributed by atoms with van der Waals surface area (Å²) in [4.78, 5) is 28.5. The molecule has 0 unspecified atom stereocenters. The fourth-order valence-corrected chi connectivity index (χ4v) is 6.32. The van der Waals surface area contributed by atoms with Crippen LogP contribution in [0.1, 0.15) is 57.4 Å². The van der Waals surface area contributed by atoms with E-state index in [1.54, 1.807) is 18.1 Å². The second-order valence-electron chi connectivity index (χ2n) is 9.82. The zero-order valence-corrected chi connectivity index (χ0v) is 25.0. The lowest BCUT2D eigenvalue weighted by Crippen LogP contribution is -2.51. The van der Waals surface area contributed by atoms with Crippen molar-refractivity contribution in [1.29, 1.82) is 0 Å². The molecule has 1 saturated carbocycles. The average Bonchev–Trinajstić information content (AvgIpc) is 3.40. The van der Waals surface area contributed by atoms with Crippen LogP contribution in [0.2, 0.25) is 10.0 Å². The third-order valence-electron chi connectivity index (χ3n) is 6.90. The SMILES string of the molecule is CC[C@H](C(=O)NC1CCCC1)N(Cc1cccc(OC)c1)C(=O)CCCN(c1cc(Cl)ccc1Cl)S(C)(=O)=O. The highest BCUT2D eigenvalue weighted by Gasteiger charge is 2.31. The Kier molecular flexibility index (Phi) is 11.3. The van der Waals surface area contributed by atoms with Gasteiger partial charge in [-0.1, -0.05) is 55.1 Å². The third kappa shape index (κ3) is 8.75. The second-order valence-corrected chi connectivity index (χ2v) is 12.6. The highest BCUT2D eigenvalue weighted by molar-refractivity contribution is 7.92. The van der Waals surface area contributed by atoms with Gasteiger partial charge in [0.15, 0.2) is 0 Å². The summed E-state index contributed by atoms with van der Waals surface area (Å²) in [6.07, 6.45) is 5.86. The first-order valence-corrected chi connectivity index (χ1v) is 15.8. The van der Waals surface area contributed by atoms with Crippen LogP contribution in [0.15, 0.2) is 42.5 Å². The van der Waals surface area contributed by atoms with Crippen molar-refractivity contribution in [3.8, 4) is 5.75 Å². The molecule has 0 radical (unpaired) electrons. The fourth-order valence-electron chi connectivity index (χ4n) is 4.91. The number of sulfonamides is 1. The van der Waals surface area contributed by atoms with E-state index in [2.05, 4.69) is 5.32 Å². The van der Waals surface area contributed by atoms with Gasteiger partial charge in [0, 0.05) is 30.6 Å². The van der Waals surface area contributed by atoms with E-state index in [1.807, 2.05) is 31.2 Å². The number of nitrogens with one attached hydrogen (secondary N) is 1. The average molecular weight is 599 g/mol. The van der Waals surface area contributed by atoms with Crippen LogP contribution in [0.4, 0.5) is 5.69 Å². The minimum atomic E-state index is -3.69. The van der Waals surface area contributed by atoms with Gasteiger partial charge in [-0.25, -0.2) is 8.42 Å². The maximum absolute atomic E-state index is 13.6. The largest absolute Gasteiger partial charge is 0.497 e. The first-order valence-electron chi connectivity index (χ1n) is 13.2. The minimum absolute atomic E-state index is 0.0305. The molecule has 0 bridgehead atoms. The van der Waals surface area contributed by atoms with Gasteiger partial charge in [-0.05, 0) is 61.6 Å². The molecule has 1 N–H and O–H groups in total. The number of amides is 2. The van der Waals surface area contributed by atoms with Crippen LogP contribution in [0.25, 0.3) is 0 Å². The molecular weight excluding hydrogens is 561 g/mol. The topological polar surface area (TPSA) is 96.0 Å². The Bertz CT molecular complexity index is 1250. The van der Waals surface area contributed by atoms with E-state index in [4.69, 9.17) is 27.9 Å². The number of halogens is 2. The molecule has 2 aromatic rings. The predicted molar refractivity (Wildman–Crippen MR) is 156 cm³/mol. The summed E-state index contributed by atoms with van der Waals surface area (Å²) in [5, 5.41) is 3.72. The molecule has 2 aromatic carbocycles. The Hall–Kier alpha value is -2.49. The van der Waals surface area contributed by atoms with Gasteiger partial charge in [-0.3, -0.25) is 13.9 Å². The molecular formula is C28H37Cl2N3O5S. The molecule has 1 atom stereocenters. The Morgan fingerprint density at radius 2 is 1.85 bits per heavy atom. The number of rotatable bonds is 13. The molecule has 0 aliphatic heterocycles.